The summed E-state index contributed by atoms with van der Waals surface area (Å²) in [5, 5.41) is 6.40. The van der Waals surface area contributed by atoms with Gasteiger partial charge in [-0.25, -0.2) is 9.18 Å². The zero-order valence-electron chi connectivity index (χ0n) is 14.2. The van der Waals surface area contributed by atoms with Crippen molar-refractivity contribution in [2.45, 2.75) is 19.1 Å². The molecule has 0 radical (unpaired) electrons. The number of alkyl halides is 1. The Morgan fingerprint density at radius 1 is 1.00 bits per heavy atom. The van der Waals surface area contributed by atoms with Crippen molar-refractivity contribution in [1.82, 2.24) is 0 Å². The quantitative estimate of drug-likeness (QED) is 0.409. The van der Waals surface area contributed by atoms with Crippen molar-refractivity contribution < 1.29 is 13.9 Å². The summed E-state index contributed by atoms with van der Waals surface area (Å²) < 4.78 is 19.3. The molecule has 2 N–H and O–H groups in total. The highest BCUT2D eigenvalue weighted by Crippen LogP contribution is 2.37. The fourth-order valence-corrected chi connectivity index (χ4v) is 3.57. The van der Waals surface area contributed by atoms with Crippen LogP contribution in [0.2, 0.25) is 0 Å². The Hall–Kier alpha value is -2.43. The normalized spacial score (nSPS) is 13.7. The molecule has 0 aliphatic carbocycles. The first-order valence-electron chi connectivity index (χ1n) is 8.34. The van der Waals surface area contributed by atoms with Gasteiger partial charge >= 0.3 is 5.97 Å². The minimum atomic E-state index is -1.89. The van der Waals surface area contributed by atoms with Crippen LogP contribution in [0, 0.1) is 0 Å². The van der Waals surface area contributed by atoms with Gasteiger partial charge < -0.3 is 10.5 Å². The minimum absolute atomic E-state index is 0. The van der Waals surface area contributed by atoms with Crippen molar-refractivity contribution in [1.29, 1.82) is 0 Å². The van der Waals surface area contributed by atoms with Gasteiger partial charge in [-0.05, 0) is 44.8 Å². The molecular weight excluding hydrogens is 353 g/mol. The van der Waals surface area contributed by atoms with Crippen LogP contribution < -0.4 is 5.73 Å². The number of halogens is 2. The van der Waals surface area contributed by atoms with E-state index in [2.05, 4.69) is 24.3 Å². The second-order valence-electron chi connectivity index (χ2n) is 6.19. The third-order valence-corrected chi connectivity index (χ3v) is 4.75. The first-order valence-corrected chi connectivity index (χ1v) is 8.34. The first-order chi connectivity index (χ1) is 12.1. The minimum Gasteiger partial charge on any atom is -0.464 e. The molecular formula is C21H19ClFNO2. The highest BCUT2D eigenvalue weighted by atomic mass is 35.5. The summed E-state index contributed by atoms with van der Waals surface area (Å²) in [7, 11) is 0. The summed E-state index contributed by atoms with van der Waals surface area (Å²) in [5.41, 5.74) is 6.71. The highest BCUT2D eigenvalue weighted by molar-refractivity contribution is 6.23. The van der Waals surface area contributed by atoms with Gasteiger partial charge in [0.1, 0.15) is 0 Å². The number of nitrogens with two attached hydrogens (primary N) is 1. The Kier molecular flexibility index (Phi) is 4.99. The second-order valence-corrected chi connectivity index (χ2v) is 6.19. The molecule has 134 valence electrons. The van der Waals surface area contributed by atoms with E-state index >= 15 is 0 Å². The molecule has 4 aromatic carbocycles. The van der Waals surface area contributed by atoms with Crippen molar-refractivity contribution in [3.05, 3.63) is 60.2 Å². The Labute approximate surface area is 156 Å². The number of carbonyl (C=O) groups is 1. The van der Waals surface area contributed by atoms with E-state index in [1.807, 2.05) is 24.3 Å². The number of hydrogen-bond acceptors (Lipinski definition) is 3. The van der Waals surface area contributed by atoms with Crippen LogP contribution in [0.3, 0.4) is 0 Å². The van der Waals surface area contributed by atoms with Gasteiger partial charge in [-0.15, -0.1) is 12.4 Å². The molecule has 3 nitrogen and oxygen atoms in total. The van der Waals surface area contributed by atoms with Crippen LogP contribution in [0.15, 0.2) is 54.6 Å². The summed E-state index contributed by atoms with van der Waals surface area (Å²) in [6, 6.07) is 16.9. The molecule has 0 spiro atoms. The molecule has 0 fully saturated rings. The number of carbonyl (C=O) groups excluding carboxylic acids is 1. The van der Waals surface area contributed by atoms with Crippen molar-refractivity contribution in [2.75, 3.05) is 6.61 Å². The Morgan fingerprint density at radius 3 is 2.23 bits per heavy atom. The average molecular weight is 372 g/mol. The summed E-state index contributed by atoms with van der Waals surface area (Å²) >= 11 is 0. The maximum Gasteiger partial charge on any atom is 0.342 e. The number of benzene rings is 4. The lowest BCUT2D eigenvalue weighted by molar-refractivity contribution is -0.149. The molecule has 0 aliphatic rings. The zero-order valence-corrected chi connectivity index (χ0v) is 15.1. The summed E-state index contributed by atoms with van der Waals surface area (Å²) in [6.45, 7) is 1.77. The lowest BCUT2D eigenvalue weighted by Gasteiger charge is -2.20. The standard InChI is InChI=1S/C21H18FNO2.ClH/c1-2-25-21(24)19(22)20(23)16-11-9-14-7-6-12-4-3-5-13-8-10-15(16)18(14)17(12)13;/h3-11,19-20H,2,23H2,1H3;1H/t19?,20-;/m1./s1. The van der Waals surface area contributed by atoms with Crippen LogP contribution in [0.4, 0.5) is 4.39 Å². The number of rotatable bonds is 4. The molecule has 1 unspecified atom stereocenters. The molecule has 0 amide bonds. The summed E-state index contributed by atoms with van der Waals surface area (Å²) in [6.07, 6.45) is -1.89. The smallest absolute Gasteiger partial charge is 0.342 e. The SMILES string of the molecule is CCOC(=O)C(F)[C@H](N)c1ccc2ccc3cccc4ccc1c2c34.Cl. The van der Waals surface area contributed by atoms with E-state index in [0.29, 0.717) is 5.56 Å². The predicted octanol–water partition coefficient (Wildman–Crippen LogP) is 4.91. The largest absolute Gasteiger partial charge is 0.464 e. The zero-order chi connectivity index (χ0) is 17.6. The topological polar surface area (TPSA) is 52.3 Å². The monoisotopic (exact) mass is 371 g/mol. The average Bonchev–Trinajstić information content (AvgIpc) is 2.65. The van der Waals surface area contributed by atoms with Gasteiger partial charge in [0.2, 0.25) is 6.17 Å². The van der Waals surface area contributed by atoms with E-state index < -0.39 is 18.2 Å². The number of ether oxygens (including phenoxy) is 1. The van der Waals surface area contributed by atoms with E-state index in [1.165, 1.54) is 0 Å². The van der Waals surface area contributed by atoms with Gasteiger partial charge in [0.25, 0.3) is 0 Å². The van der Waals surface area contributed by atoms with Crippen LogP contribution in [-0.2, 0) is 9.53 Å². The Balaban J connectivity index is 0.00000196. The molecule has 4 rings (SSSR count). The molecule has 0 saturated carbocycles. The van der Waals surface area contributed by atoms with Gasteiger partial charge in [0, 0.05) is 0 Å². The maximum absolute atomic E-state index is 14.5. The third kappa shape index (κ3) is 2.75. The lowest BCUT2D eigenvalue weighted by atomic mass is 9.89. The van der Waals surface area contributed by atoms with Crippen LogP contribution in [0.1, 0.15) is 18.5 Å². The van der Waals surface area contributed by atoms with E-state index in [4.69, 9.17) is 10.5 Å². The van der Waals surface area contributed by atoms with Crippen LogP contribution in [0.25, 0.3) is 32.3 Å². The molecule has 0 aliphatic heterocycles. The van der Waals surface area contributed by atoms with E-state index in [9.17, 15) is 9.18 Å². The molecule has 4 aromatic rings. The van der Waals surface area contributed by atoms with Crippen LogP contribution in [0.5, 0.6) is 0 Å². The van der Waals surface area contributed by atoms with Crippen molar-refractivity contribution >= 4 is 50.7 Å². The lowest BCUT2D eigenvalue weighted by Crippen LogP contribution is -2.31. The van der Waals surface area contributed by atoms with Crippen LogP contribution >= 0.6 is 12.4 Å². The van der Waals surface area contributed by atoms with E-state index in [1.54, 1.807) is 13.0 Å². The van der Waals surface area contributed by atoms with Gasteiger partial charge in [-0.2, -0.15) is 0 Å². The van der Waals surface area contributed by atoms with Crippen LogP contribution in [-0.4, -0.2) is 18.7 Å². The first kappa shape index (κ1) is 18.4. The van der Waals surface area contributed by atoms with E-state index in [-0.39, 0.29) is 19.0 Å². The molecule has 2 atom stereocenters. The fourth-order valence-electron chi connectivity index (χ4n) is 3.57. The van der Waals surface area contributed by atoms with Crippen molar-refractivity contribution in [3.63, 3.8) is 0 Å². The van der Waals surface area contributed by atoms with Gasteiger partial charge in [-0.1, -0.05) is 54.6 Å². The maximum atomic E-state index is 14.5. The molecule has 0 bridgehead atoms. The fraction of sp³-hybridized carbons (Fsp3) is 0.190. The molecule has 26 heavy (non-hydrogen) atoms. The van der Waals surface area contributed by atoms with Gasteiger partial charge in [0.15, 0.2) is 0 Å². The molecule has 0 heterocycles. The van der Waals surface area contributed by atoms with Gasteiger partial charge in [-0.3, -0.25) is 0 Å². The third-order valence-electron chi connectivity index (χ3n) is 4.75. The highest BCUT2D eigenvalue weighted by Gasteiger charge is 2.29. The van der Waals surface area contributed by atoms with Crippen molar-refractivity contribution in [2.24, 2.45) is 5.73 Å². The molecule has 5 heteroatoms. The van der Waals surface area contributed by atoms with E-state index in [0.717, 1.165) is 32.3 Å². The molecule has 0 saturated heterocycles. The Morgan fingerprint density at radius 2 is 1.58 bits per heavy atom. The number of hydrogen-bond donors (Lipinski definition) is 1. The Bertz CT molecular complexity index is 1070. The van der Waals surface area contributed by atoms with Gasteiger partial charge in [0.05, 0.1) is 12.6 Å². The second kappa shape index (κ2) is 7.06. The van der Waals surface area contributed by atoms with Crippen molar-refractivity contribution in [3.8, 4) is 0 Å². The summed E-state index contributed by atoms with van der Waals surface area (Å²) in [5.74, 6) is -0.916. The summed E-state index contributed by atoms with van der Waals surface area (Å²) in [4.78, 5) is 11.8. The molecule has 0 aromatic heterocycles. The predicted molar refractivity (Wildman–Crippen MR) is 106 cm³/mol. The number of esters is 1.